The van der Waals surface area contributed by atoms with E-state index < -0.39 is 11.9 Å². The molecule has 0 N–H and O–H groups in total. The van der Waals surface area contributed by atoms with Crippen LogP contribution in [0.5, 0.6) is 0 Å². The minimum atomic E-state index is -0.946. The summed E-state index contributed by atoms with van der Waals surface area (Å²) in [6.45, 7) is 7.96. The summed E-state index contributed by atoms with van der Waals surface area (Å²) in [6, 6.07) is 0. The predicted octanol–water partition coefficient (Wildman–Crippen LogP) is -0.0358. The molecule has 0 aromatic heterocycles. The van der Waals surface area contributed by atoms with E-state index in [1.807, 2.05) is 27.7 Å². The number of hydrogen-bond donors (Lipinski definition) is 0. The quantitative estimate of drug-likeness (QED) is 0.634. The summed E-state index contributed by atoms with van der Waals surface area (Å²) in [7, 11) is 0. The van der Waals surface area contributed by atoms with Gasteiger partial charge in [-0.3, -0.25) is 0 Å². The van der Waals surface area contributed by atoms with Crippen LogP contribution in [-0.2, 0) is 9.59 Å². The molecule has 0 unspecified atom stereocenters. The van der Waals surface area contributed by atoms with Crippen LogP contribution in [0, 0.1) is 11.8 Å². The molecule has 0 radical (unpaired) electrons. The Kier molecular flexibility index (Phi) is 18.8. The van der Waals surface area contributed by atoms with Crippen molar-refractivity contribution in [3.8, 4) is 0 Å². The SMILES string of the molecule is CC(C)CCC(=O)[O-].CC(C)CCC(=O)[O-].[Ca+2]. The monoisotopic (exact) mass is 270 g/mol. The summed E-state index contributed by atoms with van der Waals surface area (Å²) in [5, 5.41) is 19.6. The van der Waals surface area contributed by atoms with E-state index in [9.17, 15) is 19.8 Å². The van der Waals surface area contributed by atoms with Crippen molar-refractivity contribution in [2.24, 2.45) is 11.8 Å². The van der Waals surface area contributed by atoms with Gasteiger partial charge in [-0.25, -0.2) is 0 Å². The maximum absolute atomic E-state index is 9.79. The first-order valence-corrected chi connectivity index (χ1v) is 5.65. The Labute approximate surface area is 134 Å². The van der Waals surface area contributed by atoms with E-state index in [4.69, 9.17) is 0 Å². The maximum atomic E-state index is 9.79. The molecule has 96 valence electrons. The molecule has 0 amide bonds. The van der Waals surface area contributed by atoms with Gasteiger partial charge in [0, 0.05) is 11.9 Å². The molecule has 0 rings (SSSR count). The van der Waals surface area contributed by atoms with Crippen LogP contribution in [0.3, 0.4) is 0 Å². The third-order valence-electron chi connectivity index (χ3n) is 1.85. The third-order valence-corrected chi connectivity index (χ3v) is 1.85. The zero-order valence-electron chi connectivity index (χ0n) is 11.3. The molecule has 0 aliphatic rings. The zero-order valence-corrected chi connectivity index (χ0v) is 13.5. The van der Waals surface area contributed by atoms with E-state index in [1.54, 1.807) is 0 Å². The standard InChI is InChI=1S/2C6H12O2.Ca/c2*1-5(2)3-4-6(7)8;/h2*5H,3-4H2,1-2H3,(H,7,8);/q;;+2/p-2. The summed E-state index contributed by atoms with van der Waals surface area (Å²) in [5.41, 5.74) is 0. The van der Waals surface area contributed by atoms with E-state index in [-0.39, 0.29) is 50.6 Å². The summed E-state index contributed by atoms with van der Waals surface area (Å²) < 4.78 is 0. The summed E-state index contributed by atoms with van der Waals surface area (Å²) in [6.07, 6.45) is 1.83. The van der Waals surface area contributed by atoms with Gasteiger partial charge in [-0.15, -0.1) is 0 Å². The fourth-order valence-corrected chi connectivity index (χ4v) is 0.813. The Morgan fingerprint density at radius 3 is 1.12 bits per heavy atom. The van der Waals surface area contributed by atoms with Crippen LogP contribution in [0.4, 0.5) is 0 Å². The molecule has 0 fully saturated rings. The smallest absolute Gasteiger partial charge is 0.550 e. The average molecular weight is 270 g/mol. The van der Waals surface area contributed by atoms with E-state index in [2.05, 4.69) is 0 Å². The van der Waals surface area contributed by atoms with E-state index >= 15 is 0 Å². The third kappa shape index (κ3) is 31.4. The topological polar surface area (TPSA) is 80.3 Å². The van der Waals surface area contributed by atoms with Gasteiger partial charge in [0.2, 0.25) is 0 Å². The van der Waals surface area contributed by atoms with Crippen LogP contribution in [-0.4, -0.2) is 49.7 Å². The van der Waals surface area contributed by atoms with Crippen molar-refractivity contribution in [2.45, 2.75) is 53.4 Å². The Morgan fingerprint density at radius 1 is 0.824 bits per heavy atom. The van der Waals surface area contributed by atoms with Crippen molar-refractivity contribution in [2.75, 3.05) is 0 Å². The van der Waals surface area contributed by atoms with E-state index in [1.165, 1.54) is 0 Å². The molecule has 0 saturated carbocycles. The van der Waals surface area contributed by atoms with Crippen molar-refractivity contribution in [3.63, 3.8) is 0 Å². The Hall–Kier alpha value is 0.200. The van der Waals surface area contributed by atoms with Gasteiger partial charge >= 0.3 is 37.7 Å². The van der Waals surface area contributed by atoms with Gasteiger partial charge in [0.05, 0.1) is 0 Å². The molecular weight excluding hydrogens is 248 g/mol. The van der Waals surface area contributed by atoms with Crippen LogP contribution in [0.25, 0.3) is 0 Å². The molecule has 0 aliphatic heterocycles. The molecule has 0 aliphatic carbocycles. The van der Waals surface area contributed by atoms with Gasteiger partial charge in [0.15, 0.2) is 0 Å². The largest absolute Gasteiger partial charge is 2.00 e. The van der Waals surface area contributed by atoms with E-state index in [0.29, 0.717) is 11.8 Å². The van der Waals surface area contributed by atoms with Crippen molar-refractivity contribution in [1.29, 1.82) is 0 Å². The molecule has 0 spiro atoms. The van der Waals surface area contributed by atoms with Crippen molar-refractivity contribution >= 4 is 49.7 Å². The number of carboxylic acids is 2. The molecule has 0 saturated heterocycles. The second kappa shape index (κ2) is 14.3. The minimum absolute atomic E-state index is 0. The van der Waals surface area contributed by atoms with E-state index in [0.717, 1.165) is 12.8 Å². The summed E-state index contributed by atoms with van der Waals surface area (Å²) >= 11 is 0. The van der Waals surface area contributed by atoms with Crippen molar-refractivity contribution in [1.82, 2.24) is 0 Å². The molecule has 0 heterocycles. The van der Waals surface area contributed by atoms with Crippen LogP contribution < -0.4 is 10.2 Å². The van der Waals surface area contributed by atoms with Gasteiger partial charge < -0.3 is 19.8 Å². The first-order chi connectivity index (χ1) is 7.25. The van der Waals surface area contributed by atoms with Gasteiger partial charge in [0.1, 0.15) is 0 Å². The first kappa shape index (κ1) is 22.4. The fraction of sp³-hybridized carbons (Fsp3) is 0.833. The van der Waals surface area contributed by atoms with Gasteiger partial charge in [-0.05, 0) is 37.5 Å². The Balaban J connectivity index is -0.000000218. The number of carbonyl (C=O) groups excluding carboxylic acids is 2. The second-order valence-electron chi connectivity index (χ2n) is 4.61. The summed E-state index contributed by atoms with van der Waals surface area (Å²) in [5.74, 6) is -0.960. The van der Waals surface area contributed by atoms with Gasteiger partial charge in [-0.2, -0.15) is 0 Å². The number of aliphatic carboxylic acids is 2. The maximum Gasteiger partial charge on any atom is 2.00 e. The Morgan fingerprint density at radius 2 is 1.06 bits per heavy atom. The molecule has 0 bridgehead atoms. The predicted molar refractivity (Wildman–Crippen MR) is 63.9 cm³/mol. The Bertz CT molecular complexity index is 181. The normalized spacial score (nSPS) is 9.29. The van der Waals surface area contributed by atoms with Gasteiger partial charge in [-0.1, -0.05) is 27.7 Å². The second-order valence-corrected chi connectivity index (χ2v) is 4.61. The average Bonchev–Trinajstić information content (AvgIpc) is 2.12. The number of hydrogen-bond acceptors (Lipinski definition) is 4. The molecular formula is C12H22CaO4. The first-order valence-electron chi connectivity index (χ1n) is 5.65. The molecule has 0 aromatic carbocycles. The van der Waals surface area contributed by atoms with Crippen LogP contribution >= 0.6 is 0 Å². The molecule has 17 heavy (non-hydrogen) atoms. The molecule has 4 nitrogen and oxygen atoms in total. The minimum Gasteiger partial charge on any atom is -0.550 e. The molecule has 0 aromatic rings. The van der Waals surface area contributed by atoms with Crippen molar-refractivity contribution in [3.05, 3.63) is 0 Å². The van der Waals surface area contributed by atoms with Crippen LogP contribution in [0.2, 0.25) is 0 Å². The number of rotatable bonds is 6. The zero-order chi connectivity index (χ0) is 13.1. The number of carboxylic acid groups (broad SMARTS) is 2. The number of carbonyl (C=O) groups is 2. The molecule has 5 heteroatoms. The fourth-order valence-electron chi connectivity index (χ4n) is 0.813. The van der Waals surface area contributed by atoms with Gasteiger partial charge in [0.25, 0.3) is 0 Å². The van der Waals surface area contributed by atoms with Crippen molar-refractivity contribution < 1.29 is 19.8 Å². The van der Waals surface area contributed by atoms with Crippen LogP contribution in [0.15, 0.2) is 0 Å². The van der Waals surface area contributed by atoms with Crippen LogP contribution in [0.1, 0.15) is 53.4 Å². The molecule has 0 atom stereocenters. The summed E-state index contributed by atoms with van der Waals surface area (Å²) in [4.78, 5) is 19.6.